The molecule has 8 nitrogen and oxygen atoms in total. The highest BCUT2D eigenvalue weighted by molar-refractivity contribution is 5.75. The maximum atomic E-state index is 13.1. The van der Waals surface area contributed by atoms with Crippen molar-refractivity contribution in [2.45, 2.75) is 72.0 Å². The summed E-state index contributed by atoms with van der Waals surface area (Å²) in [5.41, 5.74) is 0.815. The summed E-state index contributed by atoms with van der Waals surface area (Å²) in [6.07, 6.45) is 6.32. The summed E-state index contributed by atoms with van der Waals surface area (Å²) >= 11 is 0. The zero-order valence-electron chi connectivity index (χ0n) is 19.6. The van der Waals surface area contributed by atoms with E-state index in [1.807, 2.05) is 11.0 Å². The lowest BCUT2D eigenvalue weighted by Crippen LogP contribution is -2.62. The fourth-order valence-corrected chi connectivity index (χ4v) is 4.47. The third-order valence-electron chi connectivity index (χ3n) is 6.30. The Balaban J connectivity index is 1.49. The Labute approximate surface area is 186 Å². The molecule has 0 saturated carbocycles. The predicted octanol–water partition coefficient (Wildman–Crippen LogP) is 2.86. The van der Waals surface area contributed by atoms with Crippen LogP contribution in [0.5, 0.6) is 0 Å². The lowest BCUT2D eigenvalue weighted by Gasteiger charge is -2.45. The van der Waals surface area contributed by atoms with Gasteiger partial charge >= 0.3 is 6.03 Å². The molecule has 0 aliphatic carbocycles. The molecule has 2 aliphatic heterocycles. The number of nitrogens with zero attached hydrogens (tertiary/aromatic N) is 6. The second-order valence-corrected chi connectivity index (χ2v) is 10.3. The number of piperazine rings is 1. The Morgan fingerprint density at radius 2 is 1.74 bits per heavy atom. The lowest BCUT2D eigenvalue weighted by atomic mass is 9.91. The van der Waals surface area contributed by atoms with E-state index in [4.69, 9.17) is 5.26 Å². The van der Waals surface area contributed by atoms with E-state index in [1.165, 1.54) is 6.42 Å². The molecule has 1 N–H and O–H groups in total. The average Bonchev–Trinajstić information content (AvgIpc) is 2.72. The van der Waals surface area contributed by atoms with Gasteiger partial charge in [0.1, 0.15) is 6.07 Å². The van der Waals surface area contributed by atoms with Crippen LogP contribution in [0.3, 0.4) is 0 Å². The molecule has 3 rings (SSSR count). The van der Waals surface area contributed by atoms with Crippen molar-refractivity contribution in [3.05, 3.63) is 18.0 Å². The number of anilines is 1. The van der Waals surface area contributed by atoms with Crippen LogP contribution < -0.4 is 10.2 Å². The molecule has 2 saturated heterocycles. The molecule has 2 fully saturated rings. The van der Waals surface area contributed by atoms with Gasteiger partial charge in [0, 0.05) is 44.3 Å². The Bertz CT molecular complexity index is 763. The highest BCUT2D eigenvalue weighted by Gasteiger charge is 2.35. The van der Waals surface area contributed by atoms with Gasteiger partial charge in [-0.1, -0.05) is 20.8 Å². The average molecular weight is 428 g/mol. The van der Waals surface area contributed by atoms with Gasteiger partial charge in [-0.05, 0) is 45.1 Å². The van der Waals surface area contributed by atoms with Gasteiger partial charge in [0.2, 0.25) is 5.95 Å². The van der Waals surface area contributed by atoms with Gasteiger partial charge in [0.15, 0.2) is 0 Å². The lowest BCUT2D eigenvalue weighted by molar-refractivity contribution is 0.129. The van der Waals surface area contributed by atoms with Crippen LogP contribution >= 0.6 is 0 Å². The van der Waals surface area contributed by atoms with Crippen LogP contribution in [-0.4, -0.2) is 76.6 Å². The fraction of sp³-hybridized carbons (Fsp3) is 0.739. The van der Waals surface area contributed by atoms with Crippen LogP contribution in [0.1, 0.15) is 59.4 Å². The van der Waals surface area contributed by atoms with Gasteiger partial charge in [-0.15, -0.1) is 0 Å². The van der Waals surface area contributed by atoms with Crippen molar-refractivity contribution in [2.24, 2.45) is 5.41 Å². The molecule has 0 unspecified atom stereocenters. The van der Waals surface area contributed by atoms with Gasteiger partial charge in [0.25, 0.3) is 0 Å². The normalized spacial score (nSPS) is 23.5. The quantitative estimate of drug-likeness (QED) is 0.795. The van der Waals surface area contributed by atoms with Crippen LogP contribution in [0.25, 0.3) is 0 Å². The van der Waals surface area contributed by atoms with Crippen molar-refractivity contribution >= 4 is 12.0 Å². The number of carbonyl (C=O) groups excluding carboxylic acids is 1. The number of urea groups is 1. The van der Waals surface area contributed by atoms with Crippen molar-refractivity contribution < 1.29 is 4.79 Å². The molecule has 1 aromatic rings. The SMILES string of the molecule is C[C@@H]1CN(c2ncc(C#N)cn2)C[C@H](C)N1C(=O)NC1CCN(CCC(C)(C)C)CC1. The van der Waals surface area contributed by atoms with E-state index in [0.29, 0.717) is 30.0 Å². The number of aromatic nitrogens is 2. The monoisotopic (exact) mass is 427 g/mol. The van der Waals surface area contributed by atoms with Gasteiger partial charge in [-0.3, -0.25) is 0 Å². The van der Waals surface area contributed by atoms with Crippen LogP contribution in [0.4, 0.5) is 10.7 Å². The van der Waals surface area contributed by atoms with Gasteiger partial charge in [-0.25, -0.2) is 14.8 Å². The Hall–Kier alpha value is -2.40. The molecule has 0 aromatic carbocycles. The van der Waals surface area contributed by atoms with Crippen molar-refractivity contribution in [1.29, 1.82) is 5.26 Å². The molecule has 0 spiro atoms. The van der Waals surface area contributed by atoms with E-state index in [9.17, 15) is 4.79 Å². The number of hydrogen-bond donors (Lipinski definition) is 1. The summed E-state index contributed by atoms with van der Waals surface area (Å²) in [4.78, 5) is 28.3. The van der Waals surface area contributed by atoms with Crippen LogP contribution in [-0.2, 0) is 0 Å². The first-order valence-electron chi connectivity index (χ1n) is 11.4. The first-order valence-corrected chi connectivity index (χ1v) is 11.4. The molecule has 1 aromatic heterocycles. The largest absolute Gasteiger partial charge is 0.337 e. The number of nitrogens with one attached hydrogen (secondary N) is 1. The van der Waals surface area contributed by atoms with E-state index in [-0.39, 0.29) is 24.2 Å². The maximum absolute atomic E-state index is 13.1. The van der Waals surface area contributed by atoms with Crippen molar-refractivity contribution in [1.82, 2.24) is 25.1 Å². The summed E-state index contributed by atoms with van der Waals surface area (Å²) in [5, 5.41) is 12.2. The number of amides is 2. The third-order valence-corrected chi connectivity index (χ3v) is 6.30. The maximum Gasteiger partial charge on any atom is 0.318 e. The summed E-state index contributed by atoms with van der Waals surface area (Å²) in [6, 6.07) is 2.43. The van der Waals surface area contributed by atoms with E-state index in [1.54, 1.807) is 12.4 Å². The zero-order chi connectivity index (χ0) is 22.6. The second-order valence-electron chi connectivity index (χ2n) is 10.3. The van der Waals surface area contributed by atoms with Crippen LogP contribution in [0.2, 0.25) is 0 Å². The van der Waals surface area contributed by atoms with Crippen molar-refractivity contribution in [3.63, 3.8) is 0 Å². The molecule has 31 heavy (non-hydrogen) atoms. The molecule has 2 atom stereocenters. The summed E-state index contributed by atoms with van der Waals surface area (Å²) < 4.78 is 0. The van der Waals surface area contributed by atoms with Gasteiger partial charge in [0.05, 0.1) is 18.0 Å². The molecule has 170 valence electrons. The van der Waals surface area contributed by atoms with Crippen molar-refractivity contribution in [2.75, 3.05) is 37.6 Å². The number of rotatable bonds is 4. The van der Waals surface area contributed by atoms with Gasteiger partial charge in [-0.2, -0.15) is 5.26 Å². The number of piperidine rings is 1. The highest BCUT2D eigenvalue weighted by atomic mass is 16.2. The second kappa shape index (κ2) is 9.82. The summed E-state index contributed by atoms with van der Waals surface area (Å²) in [5.74, 6) is 0.611. The van der Waals surface area contributed by atoms with E-state index >= 15 is 0 Å². The van der Waals surface area contributed by atoms with E-state index in [2.05, 4.69) is 59.7 Å². The first kappa shape index (κ1) is 23.3. The topological polar surface area (TPSA) is 88.4 Å². The number of nitriles is 1. The smallest absolute Gasteiger partial charge is 0.318 e. The molecular weight excluding hydrogens is 390 g/mol. The number of hydrogen-bond acceptors (Lipinski definition) is 6. The Kier molecular flexibility index (Phi) is 7.37. The molecule has 2 amide bonds. The fourth-order valence-electron chi connectivity index (χ4n) is 4.47. The minimum atomic E-state index is 0.0357. The Morgan fingerprint density at radius 1 is 1.16 bits per heavy atom. The summed E-state index contributed by atoms with van der Waals surface area (Å²) in [7, 11) is 0. The minimum Gasteiger partial charge on any atom is -0.337 e. The Morgan fingerprint density at radius 3 is 2.26 bits per heavy atom. The molecule has 3 heterocycles. The van der Waals surface area contributed by atoms with Gasteiger partial charge < -0.3 is 20.0 Å². The standard InChI is InChI=1S/C23H37N7O/c1-17-15-29(21-25-13-19(12-24)14-26-21)16-18(2)30(17)22(31)27-20-6-9-28(10-7-20)11-8-23(3,4)5/h13-14,17-18,20H,6-11,15-16H2,1-5H3,(H,27,31)/t17-,18+. The molecular formula is C23H37N7O. The van der Waals surface area contributed by atoms with E-state index < -0.39 is 0 Å². The van der Waals surface area contributed by atoms with Crippen LogP contribution in [0.15, 0.2) is 12.4 Å². The van der Waals surface area contributed by atoms with E-state index in [0.717, 1.165) is 32.5 Å². The number of carbonyl (C=O) groups is 1. The molecule has 2 aliphatic rings. The molecule has 8 heteroatoms. The molecule has 0 radical (unpaired) electrons. The zero-order valence-corrected chi connectivity index (χ0v) is 19.6. The predicted molar refractivity (Wildman–Crippen MR) is 122 cm³/mol. The number of likely N-dealkylation sites (tertiary alicyclic amines) is 1. The van der Waals surface area contributed by atoms with Crippen LogP contribution in [0, 0.1) is 16.7 Å². The minimum absolute atomic E-state index is 0.0357. The summed E-state index contributed by atoms with van der Waals surface area (Å²) in [6.45, 7) is 15.6. The third kappa shape index (κ3) is 6.30. The molecule has 0 bridgehead atoms. The highest BCUT2D eigenvalue weighted by Crippen LogP contribution is 2.22. The first-order chi connectivity index (χ1) is 14.7. The van der Waals surface area contributed by atoms with Crippen molar-refractivity contribution in [3.8, 4) is 6.07 Å².